The Balaban J connectivity index is 1.87. The molecule has 3 aromatic rings. The van der Waals surface area contributed by atoms with Crippen LogP contribution in [0.3, 0.4) is 0 Å². The van der Waals surface area contributed by atoms with Crippen LogP contribution in [0.5, 0.6) is 11.5 Å². The Kier molecular flexibility index (Phi) is 4.92. The zero-order chi connectivity index (χ0) is 19.4. The van der Waals surface area contributed by atoms with E-state index >= 15 is 0 Å². The highest BCUT2D eigenvalue weighted by Crippen LogP contribution is 2.32. The van der Waals surface area contributed by atoms with Crippen LogP contribution in [-0.2, 0) is 0 Å². The molecule has 0 aliphatic heterocycles. The van der Waals surface area contributed by atoms with Gasteiger partial charge in [-0.15, -0.1) is 0 Å². The molecule has 2 aromatic carbocycles. The highest BCUT2D eigenvalue weighted by Gasteiger charge is 2.10. The third-order valence-electron chi connectivity index (χ3n) is 4.00. The number of hydrogen-bond donors (Lipinski definition) is 2. The second-order valence-corrected chi connectivity index (χ2v) is 6.07. The average molecular weight is 355 g/mol. The van der Waals surface area contributed by atoms with Crippen molar-refractivity contribution < 1.29 is 4.74 Å². The zero-order valence-electron chi connectivity index (χ0n) is 14.9. The van der Waals surface area contributed by atoms with Crippen LogP contribution in [0.1, 0.15) is 22.3 Å². The molecule has 6 heteroatoms. The molecule has 0 atom stereocenters. The Labute approximate surface area is 157 Å². The van der Waals surface area contributed by atoms with Crippen molar-refractivity contribution >= 4 is 17.2 Å². The summed E-state index contributed by atoms with van der Waals surface area (Å²) in [6.07, 6.45) is 1.55. The molecular weight excluding hydrogens is 338 g/mol. The number of hydrogen-bond acceptors (Lipinski definition) is 6. The van der Waals surface area contributed by atoms with Gasteiger partial charge in [-0.05, 0) is 61.4 Å². The summed E-state index contributed by atoms with van der Waals surface area (Å²) < 4.78 is 6.00. The van der Waals surface area contributed by atoms with E-state index in [1.807, 2.05) is 13.8 Å². The minimum Gasteiger partial charge on any atom is -0.455 e. The lowest BCUT2D eigenvalue weighted by molar-refractivity contribution is 0.473. The molecule has 0 spiro atoms. The molecule has 3 rings (SSSR count). The highest BCUT2D eigenvalue weighted by atomic mass is 16.5. The van der Waals surface area contributed by atoms with Gasteiger partial charge >= 0.3 is 0 Å². The summed E-state index contributed by atoms with van der Waals surface area (Å²) in [5.41, 5.74) is 10.3. The molecule has 0 bridgehead atoms. The molecule has 0 radical (unpaired) electrons. The Morgan fingerprint density at radius 3 is 2.19 bits per heavy atom. The van der Waals surface area contributed by atoms with Crippen molar-refractivity contribution in [2.75, 3.05) is 11.1 Å². The van der Waals surface area contributed by atoms with Crippen molar-refractivity contribution in [1.29, 1.82) is 10.5 Å². The van der Waals surface area contributed by atoms with Crippen LogP contribution >= 0.6 is 0 Å². The van der Waals surface area contributed by atoms with Crippen LogP contribution in [0, 0.1) is 36.5 Å². The largest absolute Gasteiger partial charge is 0.455 e. The van der Waals surface area contributed by atoms with Crippen molar-refractivity contribution in [3.8, 4) is 23.6 Å². The number of nitrogens with zero attached hydrogens (tertiary/aromatic N) is 3. The van der Waals surface area contributed by atoms with Crippen molar-refractivity contribution in [3.05, 3.63) is 70.9 Å². The summed E-state index contributed by atoms with van der Waals surface area (Å²) in [7, 11) is 0. The lowest BCUT2D eigenvalue weighted by Crippen LogP contribution is -2.00. The minimum absolute atomic E-state index is 0.333. The van der Waals surface area contributed by atoms with Gasteiger partial charge in [-0.25, -0.2) is 4.98 Å². The quantitative estimate of drug-likeness (QED) is 0.710. The Hall–Kier alpha value is -4.03. The van der Waals surface area contributed by atoms with E-state index in [1.54, 1.807) is 48.7 Å². The predicted molar refractivity (Wildman–Crippen MR) is 104 cm³/mol. The first-order valence-electron chi connectivity index (χ1n) is 8.22. The summed E-state index contributed by atoms with van der Waals surface area (Å²) in [6, 6.07) is 16.6. The molecule has 1 aromatic heterocycles. The van der Waals surface area contributed by atoms with Crippen LogP contribution in [0.2, 0.25) is 0 Å². The van der Waals surface area contributed by atoms with Crippen molar-refractivity contribution in [1.82, 2.24) is 4.98 Å². The standard InChI is InChI=1S/C21H17N5O/c1-13-7-16(11-23)8-14(2)20(13)27-18-9-19(21(24)25-12-18)26-17-5-3-15(10-22)4-6-17/h3-9,12,26H,1-2H3,(H2,24,25). The number of nitrogens with two attached hydrogens (primary N) is 1. The maximum atomic E-state index is 9.07. The number of aryl methyl sites for hydroxylation is 2. The number of anilines is 3. The molecule has 0 aliphatic rings. The van der Waals surface area contributed by atoms with Gasteiger partial charge in [0.05, 0.1) is 35.1 Å². The van der Waals surface area contributed by atoms with E-state index < -0.39 is 0 Å². The van der Waals surface area contributed by atoms with E-state index in [1.165, 1.54) is 0 Å². The van der Waals surface area contributed by atoms with Gasteiger partial charge in [0, 0.05) is 11.8 Å². The minimum atomic E-state index is 0.333. The van der Waals surface area contributed by atoms with E-state index in [9.17, 15) is 0 Å². The smallest absolute Gasteiger partial charge is 0.147 e. The maximum absolute atomic E-state index is 9.07. The molecule has 0 saturated heterocycles. The van der Waals surface area contributed by atoms with E-state index in [4.69, 9.17) is 21.0 Å². The van der Waals surface area contributed by atoms with Gasteiger partial charge in [-0.2, -0.15) is 10.5 Å². The van der Waals surface area contributed by atoms with Crippen molar-refractivity contribution in [2.45, 2.75) is 13.8 Å². The first kappa shape index (κ1) is 17.8. The summed E-state index contributed by atoms with van der Waals surface area (Å²) in [5, 5.41) is 21.1. The molecule has 132 valence electrons. The lowest BCUT2D eigenvalue weighted by atomic mass is 10.1. The van der Waals surface area contributed by atoms with E-state index in [2.05, 4.69) is 22.4 Å². The van der Waals surface area contributed by atoms with Crippen molar-refractivity contribution in [3.63, 3.8) is 0 Å². The Morgan fingerprint density at radius 1 is 0.963 bits per heavy atom. The van der Waals surface area contributed by atoms with Gasteiger partial charge < -0.3 is 15.8 Å². The molecule has 0 saturated carbocycles. The molecule has 1 heterocycles. The second kappa shape index (κ2) is 7.47. The fourth-order valence-electron chi connectivity index (χ4n) is 2.69. The van der Waals surface area contributed by atoms with Gasteiger partial charge in [0.25, 0.3) is 0 Å². The van der Waals surface area contributed by atoms with Gasteiger partial charge in [0.15, 0.2) is 0 Å². The molecular formula is C21H17N5O. The molecule has 27 heavy (non-hydrogen) atoms. The normalized spacial score (nSPS) is 9.93. The molecule has 0 unspecified atom stereocenters. The van der Waals surface area contributed by atoms with E-state index in [-0.39, 0.29) is 0 Å². The number of ether oxygens (including phenoxy) is 1. The first-order chi connectivity index (χ1) is 13.0. The molecule has 6 nitrogen and oxygen atoms in total. The summed E-state index contributed by atoms with van der Waals surface area (Å²) in [5.74, 6) is 1.54. The fourth-order valence-corrected chi connectivity index (χ4v) is 2.69. The monoisotopic (exact) mass is 355 g/mol. The van der Waals surface area contributed by atoms with Crippen LogP contribution < -0.4 is 15.8 Å². The maximum Gasteiger partial charge on any atom is 0.147 e. The number of nitrogens with one attached hydrogen (secondary N) is 1. The molecule has 0 fully saturated rings. The van der Waals surface area contributed by atoms with Crippen LogP contribution in [0.15, 0.2) is 48.7 Å². The Bertz CT molecular complexity index is 1050. The summed E-state index contributed by atoms with van der Waals surface area (Å²) in [6.45, 7) is 3.79. The lowest BCUT2D eigenvalue weighted by Gasteiger charge is -2.14. The SMILES string of the molecule is Cc1cc(C#N)cc(C)c1Oc1cnc(N)c(Nc2ccc(C#N)cc2)c1. The third-order valence-corrected chi connectivity index (χ3v) is 4.00. The number of aromatic nitrogens is 1. The van der Waals surface area contributed by atoms with E-state index in [0.29, 0.717) is 34.1 Å². The number of benzene rings is 2. The van der Waals surface area contributed by atoms with Crippen LogP contribution in [-0.4, -0.2) is 4.98 Å². The topological polar surface area (TPSA) is 108 Å². The van der Waals surface area contributed by atoms with Gasteiger partial charge in [-0.1, -0.05) is 0 Å². The second-order valence-electron chi connectivity index (χ2n) is 6.07. The molecule has 0 amide bonds. The first-order valence-corrected chi connectivity index (χ1v) is 8.22. The number of pyridine rings is 1. The molecule has 3 N–H and O–H groups in total. The summed E-state index contributed by atoms with van der Waals surface area (Å²) in [4.78, 5) is 4.18. The Morgan fingerprint density at radius 2 is 1.59 bits per heavy atom. The summed E-state index contributed by atoms with van der Waals surface area (Å²) >= 11 is 0. The van der Waals surface area contributed by atoms with Crippen LogP contribution in [0.25, 0.3) is 0 Å². The van der Waals surface area contributed by atoms with Crippen molar-refractivity contribution in [2.24, 2.45) is 0 Å². The average Bonchev–Trinajstić information content (AvgIpc) is 2.67. The number of nitriles is 2. The predicted octanol–water partition coefficient (Wildman–Crippen LogP) is 4.56. The number of rotatable bonds is 4. The van der Waals surface area contributed by atoms with E-state index in [0.717, 1.165) is 16.8 Å². The fraction of sp³-hybridized carbons (Fsp3) is 0.0952. The molecule has 0 aliphatic carbocycles. The van der Waals surface area contributed by atoms with Gasteiger partial charge in [0.1, 0.15) is 17.3 Å². The number of nitrogen functional groups attached to an aromatic ring is 1. The zero-order valence-corrected chi connectivity index (χ0v) is 14.9. The van der Waals surface area contributed by atoms with Gasteiger partial charge in [0.2, 0.25) is 0 Å². The van der Waals surface area contributed by atoms with Gasteiger partial charge in [-0.3, -0.25) is 0 Å². The highest BCUT2D eigenvalue weighted by molar-refractivity contribution is 5.71. The third kappa shape index (κ3) is 3.97. The van der Waals surface area contributed by atoms with Crippen LogP contribution in [0.4, 0.5) is 17.2 Å².